The van der Waals surface area contributed by atoms with Crippen LogP contribution < -0.4 is 11.2 Å². The van der Waals surface area contributed by atoms with E-state index in [-0.39, 0.29) is 18.0 Å². The summed E-state index contributed by atoms with van der Waals surface area (Å²) in [4.78, 5) is 43.3. The Bertz CT molecular complexity index is 1060. The molecule has 0 aromatic carbocycles. The van der Waals surface area contributed by atoms with Gasteiger partial charge >= 0.3 is 5.69 Å². The number of nitrogens with one attached hydrogen (secondary N) is 1. The Hall–Kier alpha value is -2.75. The van der Waals surface area contributed by atoms with Gasteiger partial charge in [0, 0.05) is 31.6 Å². The topological polar surface area (TPSA) is 106 Å². The summed E-state index contributed by atoms with van der Waals surface area (Å²) in [6.45, 7) is 3.04. The SMILES string of the molecule is Cc1c(-n2nccn2)sc2[nH]c(=O)n(CCN3CCCC3=O)c(=O)c12. The summed E-state index contributed by atoms with van der Waals surface area (Å²) >= 11 is 1.27. The fourth-order valence-corrected chi connectivity index (χ4v) is 4.22. The third-order valence-electron chi connectivity index (χ3n) is 4.41. The van der Waals surface area contributed by atoms with Crippen molar-refractivity contribution in [2.24, 2.45) is 0 Å². The lowest BCUT2D eigenvalue weighted by atomic mass is 10.2. The van der Waals surface area contributed by atoms with Crippen LogP contribution in [0.15, 0.2) is 22.0 Å². The predicted molar refractivity (Wildman–Crippen MR) is 92.2 cm³/mol. The molecule has 0 unspecified atom stereocenters. The van der Waals surface area contributed by atoms with Gasteiger partial charge in [0.15, 0.2) is 0 Å². The molecule has 130 valence electrons. The van der Waals surface area contributed by atoms with E-state index in [2.05, 4.69) is 15.2 Å². The van der Waals surface area contributed by atoms with Crippen molar-refractivity contribution in [1.82, 2.24) is 29.4 Å². The summed E-state index contributed by atoms with van der Waals surface area (Å²) in [7, 11) is 0. The van der Waals surface area contributed by atoms with Crippen LogP contribution in [0.25, 0.3) is 15.2 Å². The minimum absolute atomic E-state index is 0.0734. The van der Waals surface area contributed by atoms with Gasteiger partial charge in [-0.2, -0.15) is 10.2 Å². The number of nitrogens with zero attached hydrogens (tertiary/aromatic N) is 5. The molecule has 0 radical (unpaired) electrons. The minimum atomic E-state index is -0.467. The Morgan fingerprint density at radius 1 is 1.20 bits per heavy atom. The van der Waals surface area contributed by atoms with Gasteiger partial charge < -0.3 is 4.90 Å². The zero-order valence-corrected chi connectivity index (χ0v) is 14.4. The third-order valence-corrected chi connectivity index (χ3v) is 5.58. The van der Waals surface area contributed by atoms with Gasteiger partial charge in [-0.1, -0.05) is 11.3 Å². The first-order chi connectivity index (χ1) is 12.1. The number of amides is 1. The number of aromatic nitrogens is 5. The molecule has 1 aliphatic heterocycles. The van der Waals surface area contributed by atoms with Crippen LogP contribution >= 0.6 is 11.3 Å². The van der Waals surface area contributed by atoms with Crippen molar-refractivity contribution in [1.29, 1.82) is 0 Å². The molecule has 4 heterocycles. The zero-order valence-electron chi connectivity index (χ0n) is 13.6. The van der Waals surface area contributed by atoms with Crippen LogP contribution in [-0.4, -0.2) is 48.4 Å². The van der Waals surface area contributed by atoms with Crippen LogP contribution in [0.3, 0.4) is 0 Å². The van der Waals surface area contributed by atoms with Crippen LogP contribution in [0.1, 0.15) is 18.4 Å². The molecule has 1 aliphatic rings. The Labute approximate surface area is 145 Å². The molecular weight excluding hydrogens is 344 g/mol. The lowest BCUT2D eigenvalue weighted by Crippen LogP contribution is -2.39. The van der Waals surface area contributed by atoms with E-state index in [9.17, 15) is 14.4 Å². The average molecular weight is 360 g/mol. The summed E-state index contributed by atoms with van der Waals surface area (Å²) in [5.74, 6) is 0.0734. The molecule has 3 aromatic heterocycles. The molecule has 0 bridgehead atoms. The molecule has 4 rings (SSSR count). The molecule has 3 aromatic rings. The van der Waals surface area contributed by atoms with E-state index < -0.39 is 5.69 Å². The van der Waals surface area contributed by atoms with Gasteiger partial charge in [-0.15, -0.1) is 4.80 Å². The predicted octanol–water partition coefficient (Wildman–Crippen LogP) is 0.263. The number of H-pyrrole nitrogens is 1. The first-order valence-electron chi connectivity index (χ1n) is 7.97. The van der Waals surface area contributed by atoms with Gasteiger partial charge in [-0.3, -0.25) is 19.1 Å². The van der Waals surface area contributed by atoms with Crippen molar-refractivity contribution < 1.29 is 4.79 Å². The van der Waals surface area contributed by atoms with E-state index in [0.717, 1.165) is 16.6 Å². The average Bonchev–Trinajstić information content (AvgIpc) is 3.29. The van der Waals surface area contributed by atoms with Crippen LogP contribution in [-0.2, 0) is 11.3 Å². The Morgan fingerprint density at radius 2 is 1.96 bits per heavy atom. The largest absolute Gasteiger partial charge is 0.341 e. The molecule has 0 saturated carbocycles. The molecule has 0 atom stereocenters. The van der Waals surface area contributed by atoms with Crippen molar-refractivity contribution in [3.8, 4) is 5.00 Å². The van der Waals surface area contributed by atoms with Gasteiger partial charge in [-0.25, -0.2) is 4.79 Å². The highest BCUT2D eigenvalue weighted by Crippen LogP contribution is 2.28. The second-order valence-corrected chi connectivity index (χ2v) is 6.93. The molecule has 25 heavy (non-hydrogen) atoms. The highest BCUT2D eigenvalue weighted by molar-refractivity contribution is 7.21. The monoisotopic (exact) mass is 360 g/mol. The third kappa shape index (κ3) is 2.58. The van der Waals surface area contributed by atoms with Gasteiger partial charge in [0.2, 0.25) is 5.91 Å². The number of likely N-dealkylation sites (tertiary alicyclic amines) is 1. The second-order valence-electron chi connectivity index (χ2n) is 5.93. The lowest BCUT2D eigenvalue weighted by molar-refractivity contribution is -0.127. The van der Waals surface area contributed by atoms with Crippen molar-refractivity contribution in [3.05, 3.63) is 38.8 Å². The normalized spacial score (nSPS) is 14.8. The van der Waals surface area contributed by atoms with E-state index >= 15 is 0 Å². The molecular formula is C15H16N6O3S. The van der Waals surface area contributed by atoms with Crippen LogP contribution in [0.2, 0.25) is 0 Å². The molecule has 10 heteroatoms. The smallest absolute Gasteiger partial charge is 0.329 e. The minimum Gasteiger partial charge on any atom is -0.341 e. The molecule has 1 N–H and O–H groups in total. The maximum Gasteiger partial charge on any atom is 0.329 e. The van der Waals surface area contributed by atoms with E-state index in [1.54, 1.807) is 17.3 Å². The van der Waals surface area contributed by atoms with Crippen molar-refractivity contribution in [2.45, 2.75) is 26.3 Å². The molecule has 1 saturated heterocycles. The quantitative estimate of drug-likeness (QED) is 0.718. The van der Waals surface area contributed by atoms with Crippen molar-refractivity contribution in [3.63, 3.8) is 0 Å². The number of rotatable bonds is 4. The van der Waals surface area contributed by atoms with Crippen molar-refractivity contribution >= 4 is 27.5 Å². The summed E-state index contributed by atoms with van der Waals surface area (Å²) in [6, 6.07) is 0. The van der Waals surface area contributed by atoms with Gasteiger partial charge in [0.25, 0.3) is 5.56 Å². The lowest BCUT2D eigenvalue weighted by Gasteiger charge is -2.15. The zero-order chi connectivity index (χ0) is 17.6. The fourth-order valence-electron chi connectivity index (χ4n) is 3.11. The van der Waals surface area contributed by atoms with E-state index in [0.29, 0.717) is 34.7 Å². The number of hydrogen-bond donors (Lipinski definition) is 1. The number of thiophene rings is 1. The second kappa shape index (κ2) is 5.96. The fraction of sp³-hybridized carbons (Fsp3) is 0.400. The van der Waals surface area contributed by atoms with Gasteiger partial charge in [0.05, 0.1) is 17.8 Å². The van der Waals surface area contributed by atoms with Crippen molar-refractivity contribution in [2.75, 3.05) is 13.1 Å². The highest BCUT2D eigenvalue weighted by atomic mass is 32.1. The van der Waals surface area contributed by atoms with E-state index in [1.165, 1.54) is 16.1 Å². The number of carbonyl (C=O) groups is 1. The van der Waals surface area contributed by atoms with E-state index in [4.69, 9.17) is 0 Å². The number of aryl methyl sites for hydroxylation is 1. The van der Waals surface area contributed by atoms with E-state index in [1.807, 2.05) is 6.92 Å². The number of aromatic amines is 1. The molecule has 9 nitrogen and oxygen atoms in total. The molecule has 1 fully saturated rings. The maximum atomic E-state index is 12.8. The first kappa shape index (κ1) is 15.8. The highest BCUT2D eigenvalue weighted by Gasteiger charge is 2.21. The maximum absolute atomic E-state index is 12.8. The Morgan fingerprint density at radius 3 is 2.64 bits per heavy atom. The van der Waals surface area contributed by atoms with Crippen LogP contribution in [0.5, 0.6) is 0 Å². The summed E-state index contributed by atoms with van der Waals surface area (Å²) in [6.07, 6.45) is 4.47. The Balaban J connectivity index is 1.76. The number of fused-ring (bicyclic) bond motifs is 1. The summed E-state index contributed by atoms with van der Waals surface area (Å²) in [5.41, 5.74) is -0.0913. The molecule has 0 spiro atoms. The van der Waals surface area contributed by atoms with Gasteiger partial charge in [-0.05, 0) is 13.3 Å². The standard InChI is InChI=1S/C15H16N6O3S/c1-9-11-12(25-14(9)21-16-4-5-17-21)18-15(24)20(13(11)23)8-7-19-6-2-3-10(19)22/h4-5H,2-3,6-8H2,1H3,(H,18,24). The van der Waals surface area contributed by atoms with Crippen LogP contribution in [0.4, 0.5) is 0 Å². The van der Waals surface area contributed by atoms with Gasteiger partial charge in [0.1, 0.15) is 9.83 Å². The summed E-state index contributed by atoms with van der Waals surface area (Å²) < 4.78 is 1.16. The first-order valence-corrected chi connectivity index (χ1v) is 8.78. The Kier molecular flexibility index (Phi) is 3.75. The number of hydrogen-bond acceptors (Lipinski definition) is 6. The molecule has 1 amide bonds. The number of carbonyl (C=O) groups excluding carboxylic acids is 1. The van der Waals surface area contributed by atoms with Crippen LogP contribution in [0, 0.1) is 6.92 Å². The summed E-state index contributed by atoms with van der Waals surface area (Å²) in [5, 5.41) is 9.33. The molecule has 0 aliphatic carbocycles.